The van der Waals surface area contributed by atoms with Gasteiger partial charge in [-0.1, -0.05) is 0 Å². The fourth-order valence-electron chi connectivity index (χ4n) is 2.58. The Labute approximate surface area is 106 Å². The minimum atomic E-state index is 0.0119. The summed E-state index contributed by atoms with van der Waals surface area (Å²) in [6, 6.07) is 5.89. The highest BCUT2D eigenvalue weighted by molar-refractivity contribution is 5.76. The first kappa shape index (κ1) is 11.5. The number of aromatic amines is 1. The number of nitrogens with zero attached hydrogens (tertiary/aromatic N) is 1. The smallest absolute Gasteiger partial charge is 0.121 e. The van der Waals surface area contributed by atoms with Gasteiger partial charge in [0.2, 0.25) is 0 Å². The third-order valence-electron chi connectivity index (χ3n) is 3.93. The normalized spacial score (nSPS) is 17.7. The third-order valence-corrected chi connectivity index (χ3v) is 3.93. The molecule has 0 unspecified atom stereocenters. The fourth-order valence-corrected chi connectivity index (χ4v) is 2.58. The van der Waals surface area contributed by atoms with Gasteiger partial charge >= 0.3 is 0 Å². The maximum Gasteiger partial charge on any atom is 0.121 e. The zero-order valence-corrected chi connectivity index (χ0v) is 10.8. The zero-order valence-electron chi connectivity index (χ0n) is 10.8. The lowest BCUT2D eigenvalue weighted by Gasteiger charge is -2.39. The summed E-state index contributed by atoms with van der Waals surface area (Å²) in [6.45, 7) is 0. The summed E-state index contributed by atoms with van der Waals surface area (Å²) in [6.07, 6.45) is 4.37. The van der Waals surface area contributed by atoms with Crippen LogP contribution in [0.3, 0.4) is 0 Å². The molecule has 1 aromatic carbocycles. The van der Waals surface area contributed by atoms with Crippen molar-refractivity contribution in [3.8, 4) is 5.75 Å². The van der Waals surface area contributed by atoms with E-state index in [2.05, 4.69) is 9.97 Å². The molecular weight excluding hydrogens is 228 g/mol. The van der Waals surface area contributed by atoms with Gasteiger partial charge in [-0.2, -0.15) is 0 Å². The minimum Gasteiger partial charge on any atom is -0.497 e. The van der Waals surface area contributed by atoms with Gasteiger partial charge in [-0.3, -0.25) is 0 Å². The van der Waals surface area contributed by atoms with Crippen molar-refractivity contribution < 1.29 is 9.47 Å². The van der Waals surface area contributed by atoms with Gasteiger partial charge in [0, 0.05) is 19.6 Å². The number of nitrogens with one attached hydrogen (secondary N) is 1. The Morgan fingerprint density at radius 1 is 1.33 bits per heavy atom. The van der Waals surface area contributed by atoms with Crippen LogP contribution in [-0.4, -0.2) is 29.8 Å². The minimum absolute atomic E-state index is 0.0119. The van der Waals surface area contributed by atoms with Crippen LogP contribution in [0.4, 0.5) is 0 Å². The van der Waals surface area contributed by atoms with E-state index in [0.29, 0.717) is 0 Å². The molecule has 1 aliphatic carbocycles. The SMILES string of the molecule is COc1ccc2nc(CC3(OC)CCC3)[nH]c2c1. The molecule has 1 fully saturated rings. The average Bonchev–Trinajstić information content (AvgIpc) is 2.74. The lowest BCUT2D eigenvalue weighted by atomic mass is 9.77. The molecule has 0 bridgehead atoms. The van der Waals surface area contributed by atoms with Crippen LogP contribution < -0.4 is 4.74 Å². The fraction of sp³-hybridized carbons (Fsp3) is 0.500. The molecule has 0 amide bonds. The molecule has 1 aromatic heterocycles. The number of hydrogen-bond acceptors (Lipinski definition) is 3. The summed E-state index contributed by atoms with van der Waals surface area (Å²) >= 11 is 0. The Morgan fingerprint density at radius 3 is 2.78 bits per heavy atom. The molecular formula is C14H18N2O2. The first-order valence-corrected chi connectivity index (χ1v) is 6.32. The number of methoxy groups -OCH3 is 2. The maximum absolute atomic E-state index is 5.63. The highest BCUT2D eigenvalue weighted by Crippen LogP contribution is 2.37. The Balaban J connectivity index is 1.88. The lowest BCUT2D eigenvalue weighted by Crippen LogP contribution is -2.41. The number of hydrogen-bond donors (Lipinski definition) is 1. The van der Waals surface area contributed by atoms with Crippen molar-refractivity contribution in [3.63, 3.8) is 0 Å². The van der Waals surface area contributed by atoms with Crippen LogP contribution in [0.1, 0.15) is 25.1 Å². The summed E-state index contributed by atoms with van der Waals surface area (Å²) in [5, 5.41) is 0. The monoisotopic (exact) mass is 246 g/mol. The molecule has 2 aromatic rings. The molecule has 1 aliphatic rings. The molecule has 1 saturated carbocycles. The van der Waals surface area contributed by atoms with Gasteiger partial charge in [-0.05, 0) is 31.4 Å². The van der Waals surface area contributed by atoms with Crippen molar-refractivity contribution in [2.24, 2.45) is 0 Å². The Kier molecular flexibility index (Phi) is 2.74. The average molecular weight is 246 g/mol. The standard InChI is InChI=1S/C14H18N2O2/c1-17-10-4-5-11-12(8-10)16-13(15-11)9-14(18-2)6-3-7-14/h4-5,8H,3,6-7,9H2,1-2H3,(H,15,16). The molecule has 0 aliphatic heterocycles. The maximum atomic E-state index is 5.63. The summed E-state index contributed by atoms with van der Waals surface area (Å²) in [7, 11) is 3.47. The lowest BCUT2D eigenvalue weighted by molar-refractivity contribution is -0.0719. The zero-order chi connectivity index (χ0) is 12.6. The van der Waals surface area contributed by atoms with Crippen LogP contribution in [0.2, 0.25) is 0 Å². The van der Waals surface area contributed by atoms with Crippen LogP contribution >= 0.6 is 0 Å². The first-order valence-electron chi connectivity index (χ1n) is 6.32. The second kappa shape index (κ2) is 4.28. The van der Waals surface area contributed by atoms with Crippen LogP contribution in [0.15, 0.2) is 18.2 Å². The predicted molar refractivity (Wildman–Crippen MR) is 69.9 cm³/mol. The molecule has 3 rings (SSSR count). The van der Waals surface area contributed by atoms with Gasteiger partial charge in [-0.25, -0.2) is 4.98 Å². The summed E-state index contributed by atoms with van der Waals surface area (Å²) < 4.78 is 10.8. The van der Waals surface area contributed by atoms with Crippen LogP contribution in [-0.2, 0) is 11.2 Å². The Hall–Kier alpha value is -1.55. The molecule has 4 nitrogen and oxygen atoms in total. The van der Waals surface area contributed by atoms with Crippen molar-refractivity contribution in [3.05, 3.63) is 24.0 Å². The van der Waals surface area contributed by atoms with Gasteiger partial charge in [0.25, 0.3) is 0 Å². The van der Waals surface area contributed by atoms with Crippen LogP contribution in [0.25, 0.3) is 11.0 Å². The highest BCUT2D eigenvalue weighted by Gasteiger charge is 2.37. The van der Waals surface area contributed by atoms with E-state index in [1.807, 2.05) is 18.2 Å². The van der Waals surface area contributed by atoms with E-state index < -0.39 is 0 Å². The van der Waals surface area contributed by atoms with Crippen LogP contribution in [0, 0.1) is 0 Å². The van der Waals surface area contributed by atoms with Crippen molar-refractivity contribution in [1.29, 1.82) is 0 Å². The molecule has 96 valence electrons. The van der Waals surface area contributed by atoms with Crippen molar-refractivity contribution >= 4 is 11.0 Å². The summed E-state index contributed by atoms with van der Waals surface area (Å²) in [4.78, 5) is 7.97. The largest absolute Gasteiger partial charge is 0.497 e. The van der Waals surface area contributed by atoms with E-state index in [9.17, 15) is 0 Å². The number of aromatic nitrogens is 2. The summed E-state index contributed by atoms with van der Waals surface area (Å²) in [5.41, 5.74) is 2.02. The molecule has 0 saturated heterocycles. The van der Waals surface area contributed by atoms with Crippen molar-refractivity contribution in [1.82, 2.24) is 9.97 Å². The van der Waals surface area contributed by atoms with E-state index >= 15 is 0 Å². The summed E-state index contributed by atoms with van der Waals surface area (Å²) in [5.74, 6) is 1.85. The van der Waals surface area contributed by atoms with E-state index in [1.165, 1.54) is 6.42 Å². The number of H-pyrrole nitrogens is 1. The number of benzene rings is 1. The van der Waals surface area contributed by atoms with Gasteiger partial charge < -0.3 is 14.5 Å². The molecule has 18 heavy (non-hydrogen) atoms. The predicted octanol–water partition coefficient (Wildman–Crippen LogP) is 2.68. The Morgan fingerprint density at radius 2 is 2.17 bits per heavy atom. The molecule has 1 heterocycles. The van der Waals surface area contributed by atoms with E-state index in [1.54, 1.807) is 14.2 Å². The van der Waals surface area contributed by atoms with Gasteiger partial charge in [0.15, 0.2) is 0 Å². The van der Waals surface area contributed by atoms with Gasteiger partial charge in [0.1, 0.15) is 11.6 Å². The number of ether oxygens (including phenoxy) is 2. The topological polar surface area (TPSA) is 47.1 Å². The molecule has 0 radical (unpaired) electrons. The quantitative estimate of drug-likeness (QED) is 0.902. The molecule has 4 heteroatoms. The number of imidazole rings is 1. The van der Waals surface area contributed by atoms with E-state index in [-0.39, 0.29) is 5.60 Å². The van der Waals surface area contributed by atoms with Crippen LogP contribution in [0.5, 0.6) is 5.75 Å². The van der Waals surface area contributed by atoms with E-state index in [4.69, 9.17) is 9.47 Å². The second-order valence-electron chi connectivity index (χ2n) is 4.98. The van der Waals surface area contributed by atoms with E-state index in [0.717, 1.165) is 41.9 Å². The first-order chi connectivity index (χ1) is 8.74. The molecule has 1 N–H and O–H groups in total. The van der Waals surface area contributed by atoms with Gasteiger partial charge in [-0.15, -0.1) is 0 Å². The third kappa shape index (κ3) is 1.86. The molecule has 0 spiro atoms. The highest BCUT2D eigenvalue weighted by atomic mass is 16.5. The number of fused-ring (bicyclic) bond motifs is 1. The number of rotatable bonds is 4. The van der Waals surface area contributed by atoms with Crippen molar-refractivity contribution in [2.45, 2.75) is 31.3 Å². The van der Waals surface area contributed by atoms with Gasteiger partial charge in [0.05, 0.1) is 23.7 Å². The second-order valence-corrected chi connectivity index (χ2v) is 4.98. The van der Waals surface area contributed by atoms with Crippen molar-refractivity contribution in [2.75, 3.05) is 14.2 Å². The Bertz CT molecular complexity index is 552. The molecule has 0 atom stereocenters.